The van der Waals surface area contributed by atoms with E-state index in [4.69, 9.17) is 14.5 Å². The number of nitrogens with zero attached hydrogens (tertiary/aromatic N) is 1. The van der Waals surface area contributed by atoms with Gasteiger partial charge in [0.2, 0.25) is 11.8 Å². The van der Waals surface area contributed by atoms with Crippen LogP contribution in [-0.4, -0.2) is 56.4 Å². The third-order valence-electron chi connectivity index (χ3n) is 3.48. The van der Waals surface area contributed by atoms with E-state index in [2.05, 4.69) is 33.0 Å². The molecule has 0 heterocycles. The van der Waals surface area contributed by atoms with Crippen molar-refractivity contribution in [1.29, 1.82) is 0 Å². The van der Waals surface area contributed by atoms with Crippen LogP contribution in [-0.2, 0) is 45.2 Å². The lowest BCUT2D eigenvalue weighted by Crippen LogP contribution is -2.31. The number of rotatable bonds is 16. The van der Waals surface area contributed by atoms with Gasteiger partial charge in [0.15, 0.2) is 0 Å². The van der Waals surface area contributed by atoms with E-state index >= 15 is 0 Å². The third-order valence-corrected chi connectivity index (χ3v) is 3.48. The summed E-state index contributed by atoms with van der Waals surface area (Å²) < 4.78 is 9.60. The summed E-state index contributed by atoms with van der Waals surface area (Å²) in [5.74, 6) is -0.216. The monoisotopic (exact) mass is 468 g/mol. The van der Waals surface area contributed by atoms with Crippen molar-refractivity contribution in [2.75, 3.05) is 39.5 Å². The maximum atomic E-state index is 11.6. The van der Waals surface area contributed by atoms with Crippen LogP contribution in [0, 0.1) is 0 Å². The average molecular weight is 469 g/mol. The summed E-state index contributed by atoms with van der Waals surface area (Å²) in [5, 5.41) is 2.59. The standard InChI is InChI=1S/C15H21NO4.C8H15NO4/c1-4-18-15(17)12-16(13(3)20-19-5-2)11-14-9-7-6-8-10-14;1-4-11-8(10)6-9-7(3)13-12-5-2/h6-10H,3-5,11-12H2,1-2H3;9H,3-6H2,1-2H3. The number of nitrogens with one attached hydrogen (secondary N) is 1. The number of esters is 2. The molecule has 0 saturated heterocycles. The summed E-state index contributed by atoms with van der Waals surface area (Å²) in [5.41, 5.74) is 1.04. The number of hydrogen-bond donors (Lipinski definition) is 1. The van der Waals surface area contributed by atoms with Crippen molar-refractivity contribution < 1.29 is 38.6 Å². The first kappa shape index (κ1) is 29.8. The molecule has 0 aliphatic rings. The zero-order valence-electron chi connectivity index (χ0n) is 20.0. The van der Waals surface area contributed by atoms with Crippen LogP contribution in [0.15, 0.2) is 55.3 Å². The predicted molar refractivity (Wildman–Crippen MR) is 122 cm³/mol. The van der Waals surface area contributed by atoms with Gasteiger partial charge in [-0.05, 0) is 46.4 Å². The lowest BCUT2D eigenvalue weighted by Gasteiger charge is -2.24. The Hall–Kier alpha value is -3.24. The van der Waals surface area contributed by atoms with E-state index in [-0.39, 0.29) is 36.8 Å². The van der Waals surface area contributed by atoms with Gasteiger partial charge in [0.05, 0.1) is 26.4 Å². The second-order valence-corrected chi connectivity index (χ2v) is 6.10. The molecule has 0 spiro atoms. The summed E-state index contributed by atoms with van der Waals surface area (Å²) in [7, 11) is 0. The van der Waals surface area contributed by atoms with Gasteiger partial charge in [0.25, 0.3) is 0 Å². The van der Waals surface area contributed by atoms with E-state index < -0.39 is 0 Å². The van der Waals surface area contributed by atoms with Crippen LogP contribution in [0.4, 0.5) is 0 Å². The Morgan fingerprint density at radius 3 is 2.00 bits per heavy atom. The molecule has 0 unspecified atom stereocenters. The Morgan fingerprint density at radius 1 is 0.848 bits per heavy atom. The number of ether oxygens (including phenoxy) is 2. The molecule has 0 aliphatic carbocycles. The van der Waals surface area contributed by atoms with Gasteiger partial charge < -0.3 is 29.5 Å². The van der Waals surface area contributed by atoms with Crippen molar-refractivity contribution in [1.82, 2.24) is 10.2 Å². The minimum Gasteiger partial charge on any atom is -0.465 e. The normalized spacial score (nSPS) is 9.58. The second-order valence-electron chi connectivity index (χ2n) is 6.10. The molecule has 10 nitrogen and oxygen atoms in total. The first-order chi connectivity index (χ1) is 15.9. The summed E-state index contributed by atoms with van der Waals surface area (Å²) >= 11 is 0. The number of carbonyl (C=O) groups excluding carboxylic acids is 2. The van der Waals surface area contributed by atoms with Gasteiger partial charge in [-0.3, -0.25) is 9.59 Å². The highest BCUT2D eigenvalue weighted by Crippen LogP contribution is 2.11. The third kappa shape index (κ3) is 16.1. The van der Waals surface area contributed by atoms with Gasteiger partial charge in [-0.15, -0.1) is 0 Å². The highest BCUT2D eigenvalue weighted by molar-refractivity contribution is 5.72. The minimum atomic E-state index is -0.358. The molecule has 0 saturated carbocycles. The summed E-state index contributed by atoms with van der Waals surface area (Å²) in [4.78, 5) is 43.2. The maximum Gasteiger partial charge on any atom is 0.325 e. The molecular formula is C23H36N2O8. The van der Waals surface area contributed by atoms with Crippen LogP contribution < -0.4 is 5.32 Å². The Balaban J connectivity index is 0.000000684. The summed E-state index contributed by atoms with van der Waals surface area (Å²) in [6, 6.07) is 9.73. The maximum absolute atomic E-state index is 11.6. The van der Waals surface area contributed by atoms with Crippen LogP contribution in [0.5, 0.6) is 0 Å². The lowest BCUT2D eigenvalue weighted by atomic mass is 10.2. The SMILES string of the molecule is C=C(NCC(=O)OCC)OOCC.C=C(OOCC)N(CC(=O)OCC)Cc1ccccc1. The van der Waals surface area contributed by atoms with Crippen molar-refractivity contribution in [3.63, 3.8) is 0 Å². The Labute approximate surface area is 195 Å². The highest BCUT2D eigenvalue weighted by atomic mass is 17.2. The van der Waals surface area contributed by atoms with Crippen LogP contribution in [0.1, 0.15) is 33.3 Å². The van der Waals surface area contributed by atoms with Gasteiger partial charge >= 0.3 is 11.9 Å². The van der Waals surface area contributed by atoms with E-state index in [9.17, 15) is 9.59 Å². The smallest absolute Gasteiger partial charge is 0.325 e. The molecule has 1 N–H and O–H groups in total. The fourth-order valence-corrected chi connectivity index (χ4v) is 2.12. The molecule has 0 fully saturated rings. The zero-order chi connectivity index (χ0) is 24.9. The van der Waals surface area contributed by atoms with Crippen LogP contribution >= 0.6 is 0 Å². The lowest BCUT2D eigenvalue weighted by molar-refractivity contribution is -0.274. The minimum absolute atomic E-state index is 0.0275. The molecule has 0 aromatic heterocycles. The Kier molecular flexibility index (Phi) is 17.5. The fraction of sp³-hybridized carbons (Fsp3) is 0.478. The van der Waals surface area contributed by atoms with Crippen molar-refractivity contribution in [2.45, 2.75) is 34.2 Å². The largest absolute Gasteiger partial charge is 0.465 e. The molecule has 0 atom stereocenters. The van der Waals surface area contributed by atoms with Gasteiger partial charge in [0, 0.05) is 6.54 Å². The molecule has 186 valence electrons. The molecule has 0 aliphatic heterocycles. The number of carbonyl (C=O) groups is 2. The molecule has 0 amide bonds. The Bertz CT molecular complexity index is 697. The van der Waals surface area contributed by atoms with Crippen molar-refractivity contribution in [3.05, 3.63) is 60.8 Å². The van der Waals surface area contributed by atoms with Crippen LogP contribution in [0.25, 0.3) is 0 Å². The molecule has 1 rings (SSSR count). The summed E-state index contributed by atoms with van der Waals surface area (Å²) in [6.45, 7) is 16.4. The van der Waals surface area contributed by atoms with E-state index in [1.165, 1.54) is 0 Å². The quantitative estimate of drug-likeness (QED) is 0.168. The molecule has 1 aromatic rings. The number of benzene rings is 1. The molecule has 10 heteroatoms. The first-order valence-electron chi connectivity index (χ1n) is 10.7. The van der Waals surface area contributed by atoms with E-state index in [0.717, 1.165) is 5.56 Å². The average Bonchev–Trinajstić information content (AvgIpc) is 2.81. The molecule has 1 aromatic carbocycles. The first-order valence-corrected chi connectivity index (χ1v) is 10.7. The molecule has 0 bridgehead atoms. The van der Waals surface area contributed by atoms with Crippen LogP contribution in [0.2, 0.25) is 0 Å². The molecule has 33 heavy (non-hydrogen) atoms. The topological polar surface area (TPSA) is 105 Å². The fourth-order valence-electron chi connectivity index (χ4n) is 2.12. The van der Waals surface area contributed by atoms with Crippen LogP contribution in [0.3, 0.4) is 0 Å². The van der Waals surface area contributed by atoms with Crippen molar-refractivity contribution in [2.24, 2.45) is 0 Å². The van der Waals surface area contributed by atoms with Gasteiger partial charge in [-0.25, -0.2) is 0 Å². The Morgan fingerprint density at radius 2 is 1.42 bits per heavy atom. The number of hydrogen-bond acceptors (Lipinski definition) is 10. The second kappa shape index (κ2) is 19.4. The predicted octanol–water partition coefficient (Wildman–Crippen LogP) is 3.07. The van der Waals surface area contributed by atoms with E-state index in [1.54, 1.807) is 32.6 Å². The van der Waals surface area contributed by atoms with E-state index in [0.29, 0.717) is 33.0 Å². The molecule has 0 radical (unpaired) electrons. The van der Waals surface area contributed by atoms with Gasteiger partial charge in [-0.1, -0.05) is 30.3 Å². The highest BCUT2D eigenvalue weighted by Gasteiger charge is 2.16. The van der Waals surface area contributed by atoms with Crippen molar-refractivity contribution in [3.8, 4) is 0 Å². The molecular weight excluding hydrogens is 432 g/mol. The van der Waals surface area contributed by atoms with Gasteiger partial charge in [-0.2, -0.15) is 9.78 Å². The summed E-state index contributed by atoms with van der Waals surface area (Å²) in [6.07, 6.45) is 0. The zero-order valence-corrected chi connectivity index (χ0v) is 20.0. The van der Waals surface area contributed by atoms with Crippen molar-refractivity contribution >= 4 is 11.9 Å². The van der Waals surface area contributed by atoms with Gasteiger partial charge in [0.1, 0.15) is 13.1 Å². The van der Waals surface area contributed by atoms with E-state index in [1.807, 2.05) is 30.3 Å².